The standard InChI is InChI=1S/C16H18F3N5O/c1-11-2-3-15(25)24(22-11)9-12-4-6-23(7-5-12)14-8-13(16(17,18)19)20-10-21-14/h2-3,8,10,12H,4-7,9H2,1H3. The maximum atomic E-state index is 12.8. The Hall–Kier alpha value is -2.45. The van der Waals surface area contributed by atoms with Gasteiger partial charge in [0.1, 0.15) is 17.8 Å². The van der Waals surface area contributed by atoms with E-state index in [1.807, 2.05) is 11.8 Å². The molecule has 0 spiro atoms. The topological polar surface area (TPSA) is 63.9 Å². The number of hydrogen-bond acceptors (Lipinski definition) is 5. The Morgan fingerprint density at radius 2 is 1.92 bits per heavy atom. The van der Waals surface area contributed by atoms with Crippen molar-refractivity contribution in [1.82, 2.24) is 19.7 Å². The predicted octanol–water partition coefficient (Wildman–Crippen LogP) is 2.28. The lowest BCUT2D eigenvalue weighted by Gasteiger charge is -2.32. The number of halogens is 3. The Morgan fingerprint density at radius 1 is 1.20 bits per heavy atom. The van der Waals surface area contributed by atoms with Crippen LogP contribution < -0.4 is 10.5 Å². The Labute approximate surface area is 142 Å². The molecule has 0 aromatic carbocycles. The van der Waals surface area contributed by atoms with E-state index in [4.69, 9.17) is 0 Å². The molecule has 134 valence electrons. The molecule has 1 fully saturated rings. The summed E-state index contributed by atoms with van der Waals surface area (Å²) >= 11 is 0. The lowest BCUT2D eigenvalue weighted by Crippen LogP contribution is -2.37. The van der Waals surface area contributed by atoms with E-state index < -0.39 is 11.9 Å². The van der Waals surface area contributed by atoms with Gasteiger partial charge in [0.05, 0.1) is 5.69 Å². The van der Waals surface area contributed by atoms with Gasteiger partial charge in [0, 0.05) is 31.8 Å². The summed E-state index contributed by atoms with van der Waals surface area (Å²) in [6.45, 7) is 3.51. The van der Waals surface area contributed by atoms with Crippen LogP contribution in [0.25, 0.3) is 0 Å². The molecule has 2 aromatic heterocycles. The quantitative estimate of drug-likeness (QED) is 0.847. The third-order valence-corrected chi connectivity index (χ3v) is 4.31. The van der Waals surface area contributed by atoms with Crippen LogP contribution in [0.4, 0.5) is 19.0 Å². The molecular formula is C16H18F3N5O. The molecule has 3 heterocycles. The molecule has 0 unspecified atom stereocenters. The van der Waals surface area contributed by atoms with Crippen molar-refractivity contribution in [3.05, 3.63) is 46.3 Å². The number of aromatic nitrogens is 4. The van der Waals surface area contributed by atoms with Crippen LogP contribution in [0.15, 0.2) is 29.3 Å². The second kappa shape index (κ2) is 6.81. The maximum Gasteiger partial charge on any atom is 0.433 e. The summed E-state index contributed by atoms with van der Waals surface area (Å²) in [7, 11) is 0. The van der Waals surface area contributed by atoms with E-state index in [9.17, 15) is 18.0 Å². The van der Waals surface area contributed by atoms with Crippen LogP contribution in [0.1, 0.15) is 24.2 Å². The van der Waals surface area contributed by atoms with Gasteiger partial charge < -0.3 is 4.90 Å². The molecule has 0 bridgehead atoms. The van der Waals surface area contributed by atoms with Gasteiger partial charge in [-0.2, -0.15) is 18.3 Å². The zero-order chi connectivity index (χ0) is 18.0. The predicted molar refractivity (Wildman–Crippen MR) is 85.2 cm³/mol. The van der Waals surface area contributed by atoms with Gasteiger partial charge in [0.2, 0.25) is 0 Å². The second-order valence-electron chi connectivity index (χ2n) is 6.18. The van der Waals surface area contributed by atoms with Crippen molar-refractivity contribution < 1.29 is 13.2 Å². The van der Waals surface area contributed by atoms with E-state index in [2.05, 4.69) is 15.1 Å². The maximum absolute atomic E-state index is 12.8. The lowest BCUT2D eigenvalue weighted by atomic mass is 9.97. The molecule has 0 radical (unpaired) electrons. The number of piperidine rings is 1. The summed E-state index contributed by atoms with van der Waals surface area (Å²) in [5.74, 6) is 0.541. The molecular weight excluding hydrogens is 335 g/mol. The van der Waals surface area contributed by atoms with E-state index in [0.29, 0.717) is 19.6 Å². The fraction of sp³-hybridized carbons (Fsp3) is 0.500. The molecule has 2 aromatic rings. The normalized spacial score (nSPS) is 16.2. The van der Waals surface area contributed by atoms with Gasteiger partial charge in [-0.15, -0.1) is 0 Å². The van der Waals surface area contributed by atoms with Crippen LogP contribution in [-0.2, 0) is 12.7 Å². The fourth-order valence-electron chi connectivity index (χ4n) is 2.95. The van der Waals surface area contributed by atoms with Gasteiger partial charge in [0.25, 0.3) is 5.56 Å². The van der Waals surface area contributed by atoms with Crippen molar-refractivity contribution in [3.63, 3.8) is 0 Å². The number of nitrogens with zero attached hydrogens (tertiary/aromatic N) is 5. The third kappa shape index (κ3) is 4.15. The molecule has 3 rings (SSSR count). The van der Waals surface area contributed by atoms with Crippen LogP contribution in [-0.4, -0.2) is 32.8 Å². The molecule has 6 nitrogen and oxygen atoms in total. The van der Waals surface area contributed by atoms with Gasteiger partial charge in [-0.05, 0) is 31.7 Å². The molecule has 0 amide bonds. The van der Waals surface area contributed by atoms with E-state index in [1.165, 1.54) is 10.7 Å². The average Bonchev–Trinajstić information content (AvgIpc) is 2.58. The lowest BCUT2D eigenvalue weighted by molar-refractivity contribution is -0.141. The van der Waals surface area contributed by atoms with Gasteiger partial charge in [-0.3, -0.25) is 4.79 Å². The molecule has 25 heavy (non-hydrogen) atoms. The molecule has 0 N–H and O–H groups in total. The van der Waals surface area contributed by atoms with Gasteiger partial charge in [0.15, 0.2) is 0 Å². The largest absolute Gasteiger partial charge is 0.433 e. The summed E-state index contributed by atoms with van der Waals surface area (Å²) in [5, 5.41) is 4.23. The summed E-state index contributed by atoms with van der Waals surface area (Å²) in [6.07, 6.45) is -2.02. The molecule has 9 heteroatoms. The molecule has 0 saturated carbocycles. The van der Waals surface area contributed by atoms with Crippen molar-refractivity contribution in [2.24, 2.45) is 5.92 Å². The number of rotatable bonds is 3. The Morgan fingerprint density at radius 3 is 2.60 bits per heavy atom. The molecule has 0 aliphatic carbocycles. The van der Waals surface area contributed by atoms with Gasteiger partial charge >= 0.3 is 6.18 Å². The van der Waals surface area contributed by atoms with Crippen LogP contribution in [0.3, 0.4) is 0 Å². The molecule has 1 aliphatic rings. The smallest absolute Gasteiger partial charge is 0.356 e. The highest BCUT2D eigenvalue weighted by Crippen LogP contribution is 2.30. The zero-order valence-corrected chi connectivity index (χ0v) is 13.7. The number of hydrogen-bond donors (Lipinski definition) is 0. The van der Waals surface area contributed by atoms with Gasteiger partial charge in [-0.1, -0.05) is 0 Å². The first-order chi connectivity index (χ1) is 11.8. The average molecular weight is 353 g/mol. The number of anilines is 1. The van der Waals surface area contributed by atoms with E-state index in [0.717, 1.165) is 30.9 Å². The zero-order valence-electron chi connectivity index (χ0n) is 13.7. The van der Waals surface area contributed by atoms with Gasteiger partial charge in [-0.25, -0.2) is 14.6 Å². The minimum Gasteiger partial charge on any atom is -0.356 e. The summed E-state index contributed by atoms with van der Waals surface area (Å²) in [5.41, 5.74) is -0.300. The first-order valence-corrected chi connectivity index (χ1v) is 8.02. The number of aryl methyl sites for hydroxylation is 1. The van der Waals surface area contributed by atoms with Crippen LogP contribution in [0.2, 0.25) is 0 Å². The monoisotopic (exact) mass is 353 g/mol. The van der Waals surface area contributed by atoms with Crippen LogP contribution in [0.5, 0.6) is 0 Å². The van der Waals surface area contributed by atoms with Crippen molar-refractivity contribution in [1.29, 1.82) is 0 Å². The first kappa shape index (κ1) is 17.4. The molecule has 1 saturated heterocycles. The van der Waals surface area contributed by atoms with Crippen LogP contribution >= 0.6 is 0 Å². The summed E-state index contributed by atoms with van der Waals surface area (Å²) < 4.78 is 39.7. The minimum absolute atomic E-state index is 0.140. The van der Waals surface area contributed by atoms with Crippen molar-refractivity contribution in [3.8, 4) is 0 Å². The van der Waals surface area contributed by atoms with E-state index in [1.54, 1.807) is 6.07 Å². The summed E-state index contributed by atoms with van der Waals surface area (Å²) in [4.78, 5) is 20.9. The molecule has 0 atom stereocenters. The first-order valence-electron chi connectivity index (χ1n) is 8.02. The highest BCUT2D eigenvalue weighted by atomic mass is 19.4. The van der Waals surface area contributed by atoms with Crippen molar-refractivity contribution in [2.75, 3.05) is 18.0 Å². The SMILES string of the molecule is Cc1ccc(=O)n(CC2CCN(c3cc(C(F)(F)F)ncn3)CC2)n1. The Kier molecular flexibility index (Phi) is 4.73. The highest BCUT2D eigenvalue weighted by molar-refractivity contribution is 5.39. The van der Waals surface area contributed by atoms with Crippen LogP contribution in [0, 0.1) is 12.8 Å². The highest BCUT2D eigenvalue weighted by Gasteiger charge is 2.33. The van der Waals surface area contributed by atoms with Crippen molar-refractivity contribution >= 4 is 5.82 Å². The summed E-state index contributed by atoms with van der Waals surface area (Å²) in [6, 6.07) is 4.15. The second-order valence-corrected chi connectivity index (χ2v) is 6.18. The van der Waals surface area contributed by atoms with E-state index in [-0.39, 0.29) is 17.3 Å². The Bertz CT molecular complexity index is 797. The van der Waals surface area contributed by atoms with E-state index >= 15 is 0 Å². The molecule has 1 aliphatic heterocycles. The fourth-order valence-corrected chi connectivity index (χ4v) is 2.95. The number of alkyl halides is 3. The third-order valence-electron chi connectivity index (χ3n) is 4.31. The minimum atomic E-state index is -4.48. The Balaban J connectivity index is 1.64. The van der Waals surface area contributed by atoms with Crippen molar-refractivity contribution in [2.45, 2.75) is 32.5 Å².